The average molecular weight is 386 g/mol. The highest BCUT2D eigenvalue weighted by Crippen LogP contribution is 2.27. The number of aryl methyl sites for hydroxylation is 1. The summed E-state index contributed by atoms with van der Waals surface area (Å²) in [7, 11) is 0. The molecule has 0 saturated carbocycles. The van der Waals surface area contributed by atoms with Gasteiger partial charge in [-0.3, -0.25) is 14.4 Å². The Morgan fingerprint density at radius 2 is 1.74 bits per heavy atom. The summed E-state index contributed by atoms with van der Waals surface area (Å²) < 4.78 is 5.34. The maximum absolute atomic E-state index is 12.4. The number of anilines is 1. The Hall–Kier alpha value is -2.66. The van der Waals surface area contributed by atoms with Crippen LogP contribution in [0.5, 0.6) is 0 Å². The van der Waals surface area contributed by atoms with E-state index < -0.39 is 18.0 Å². The third-order valence-electron chi connectivity index (χ3n) is 4.59. The Bertz CT molecular complexity index is 861. The second kappa shape index (κ2) is 7.92. The van der Waals surface area contributed by atoms with Crippen molar-refractivity contribution in [2.75, 3.05) is 11.4 Å². The fourth-order valence-corrected chi connectivity index (χ4v) is 3.14. The lowest BCUT2D eigenvalue weighted by Crippen LogP contribution is -2.30. The summed E-state index contributed by atoms with van der Waals surface area (Å²) in [6.45, 7) is 3.71. The third kappa shape index (κ3) is 4.37. The van der Waals surface area contributed by atoms with Crippen molar-refractivity contribution >= 4 is 34.9 Å². The number of ketones is 1. The molecule has 1 heterocycles. The number of nitrogens with zero attached hydrogens (tertiary/aromatic N) is 1. The van der Waals surface area contributed by atoms with Gasteiger partial charge in [-0.25, -0.2) is 0 Å². The van der Waals surface area contributed by atoms with E-state index in [1.807, 2.05) is 19.1 Å². The van der Waals surface area contributed by atoms with E-state index in [-0.39, 0.29) is 24.7 Å². The van der Waals surface area contributed by atoms with Crippen LogP contribution in [-0.4, -0.2) is 30.3 Å². The van der Waals surface area contributed by atoms with Crippen LogP contribution in [0, 0.1) is 12.8 Å². The lowest BCUT2D eigenvalue weighted by Gasteiger charge is -2.18. The summed E-state index contributed by atoms with van der Waals surface area (Å²) in [5, 5.41) is 0.574. The zero-order valence-electron chi connectivity index (χ0n) is 15.1. The van der Waals surface area contributed by atoms with Gasteiger partial charge in [-0.15, -0.1) is 0 Å². The topological polar surface area (TPSA) is 63.7 Å². The van der Waals surface area contributed by atoms with Crippen LogP contribution in [0.15, 0.2) is 48.5 Å². The van der Waals surface area contributed by atoms with Crippen LogP contribution in [-0.2, 0) is 14.3 Å². The van der Waals surface area contributed by atoms with Crippen LogP contribution in [0.4, 0.5) is 5.69 Å². The van der Waals surface area contributed by atoms with Crippen LogP contribution in [0.2, 0.25) is 5.02 Å². The molecule has 6 heteroatoms. The Kier molecular flexibility index (Phi) is 5.61. The van der Waals surface area contributed by atoms with E-state index in [9.17, 15) is 14.4 Å². The minimum Gasteiger partial charge on any atom is -0.454 e. The van der Waals surface area contributed by atoms with Crippen molar-refractivity contribution in [3.05, 3.63) is 64.7 Å². The van der Waals surface area contributed by atoms with Crippen molar-refractivity contribution in [1.29, 1.82) is 0 Å². The molecule has 0 N–H and O–H groups in total. The number of carbonyl (C=O) groups is 3. The first-order valence-corrected chi connectivity index (χ1v) is 9.10. The molecule has 1 saturated heterocycles. The number of amides is 1. The summed E-state index contributed by atoms with van der Waals surface area (Å²) in [5.41, 5.74) is 2.22. The first-order chi connectivity index (χ1) is 12.8. The number of halogens is 1. The monoisotopic (exact) mass is 385 g/mol. The lowest BCUT2D eigenvalue weighted by molar-refractivity contribution is -0.151. The Morgan fingerprint density at radius 1 is 1.11 bits per heavy atom. The van der Waals surface area contributed by atoms with Crippen LogP contribution >= 0.6 is 11.6 Å². The average Bonchev–Trinajstić information content (AvgIpc) is 3.04. The van der Waals surface area contributed by atoms with Gasteiger partial charge < -0.3 is 9.64 Å². The molecule has 27 heavy (non-hydrogen) atoms. The number of hydrogen-bond donors (Lipinski definition) is 0. The molecular weight excluding hydrogens is 366 g/mol. The maximum Gasteiger partial charge on any atom is 0.312 e. The van der Waals surface area contributed by atoms with Gasteiger partial charge in [-0.1, -0.05) is 41.4 Å². The molecule has 0 unspecified atom stereocenters. The molecule has 0 bridgehead atoms. The number of esters is 1. The van der Waals surface area contributed by atoms with E-state index in [0.29, 0.717) is 16.3 Å². The number of hydrogen-bond acceptors (Lipinski definition) is 4. The van der Waals surface area contributed by atoms with Gasteiger partial charge in [0.15, 0.2) is 6.10 Å². The van der Waals surface area contributed by atoms with Crippen LogP contribution < -0.4 is 4.90 Å². The van der Waals surface area contributed by atoms with E-state index in [1.54, 1.807) is 43.3 Å². The van der Waals surface area contributed by atoms with Crippen LogP contribution in [0.1, 0.15) is 29.3 Å². The zero-order valence-corrected chi connectivity index (χ0v) is 15.9. The molecular formula is C21H20ClNO4. The molecule has 2 atom stereocenters. The molecule has 1 amide bonds. The second-order valence-electron chi connectivity index (χ2n) is 6.69. The molecule has 140 valence electrons. The molecule has 1 aliphatic heterocycles. The van der Waals surface area contributed by atoms with Gasteiger partial charge in [0.05, 0.1) is 5.92 Å². The van der Waals surface area contributed by atoms with Gasteiger partial charge in [-0.2, -0.15) is 0 Å². The fourth-order valence-electron chi connectivity index (χ4n) is 3.01. The largest absolute Gasteiger partial charge is 0.454 e. The van der Waals surface area contributed by atoms with Crippen molar-refractivity contribution in [3.63, 3.8) is 0 Å². The predicted molar refractivity (Wildman–Crippen MR) is 103 cm³/mol. The van der Waals surface area contributed by atoms with Gasteiger partial charge in [0.1, 0.15) is 0 Å². The first kappa shape index (κ1) is 19.1. The second-order valence-corrected chi connectivity index (χ2v) is 7.13. The molecule has 3 rings (SSSR count). The first-order valence-electron chi connectivity index (χ1n) is 8.72. The van der Waals surface area contributed by atoms with Gasteiger partial charge in [0, 0.05) is 29.2 Å². The summed E-state index contributed by atoms with van der Waals surface area (Å²) in [4.78, 5) is 38.7. The van der Waals surface area contributed by atoms with Crippen molar-refractivity contribution < 1.29 is 19.1 Å². The van der Waals surface area contributed by atoms with E-state index in [2.05, 4.69) is 0 Å². The molecule has 0 spiro atoms. The number of carbonyl (C=O) groups excluding carboxylic acids is 3. The molecule has 0 aliphatic carbocycles. The zero-order chi connectivity index (χ0) is 19.6. The lowest BCUT2D eigenvalue weighted by atomic mass is 10.1. The van der Waals surface area contributed by atoms with Crippen LogP contribution in [0.25, 0.3) is 0 Å². The highest BCUT2D eigenvalue weighted by atomic mass is 35.5. The van der Waals surface area contributed by atoms with Gasteiger partial charge in [0.25, 0.3) is 0 Å². The van der Waals surface area contributed by atoms with Gasteiger partial charge >= 0.3 is 5.97 Å². The van der Waals surface area contributed by atoms with Crippen molar-refractivity contribution in [2.24, 2.45) is 5.92 Å². The molecule has 5 nitrogen and oxygen atoms in total. The standard InChI is InChI=1S/C21H20ClNO4/c1-13-3-5-15(6-4-13)20(25)14(2)27-21(26)16-11-19(24)23(12-16)18-9-7-17(22)8-10-18/h3-10,14,16H,11-12H2,1-2H3/t14-,16-/m1/s1. The van der Waals surface area contributed by atoms with E-state index in [0.717, 1.165) is 5.56 Å². The highest BCUT2D eigenvalue weighted by Gasteiger charge is 2.37. The number of Topliss-reactive ketones (excluding diaryl/α,β-unsaturated/α-hetero) is 1. The van der Waals surface area contributed by atoms with Crippen molar-refractivity contribution in [2.45, 2.75) is 26.4 Å². The fraction of sp³-hybridized carbons (Fsp3) is 0.286. The highest BCUT2D eigenvalue weighted by molar-refractivity contribution is 6.30. The Labute approximate surface area is 162 Å². The van der Waals surface area contributed by atoms with Crippen molar-refractivity contribution in [1.82, 2.24) is 0 Å². The molecule has 0 radical (unpaired) electrons. The minimum atomic E-state index is -0.903. The summed E-state index contributed by atoms with van der Waals surface area (Å²) in [5.74, 6) is -1.55. The summed E-state index contributed by atoms with van der Waals surface area (Å²) >= 11 is 5.87. The van der Waals surface area contributed by atoms with Gasteiger partial charge in [-0.05, 0) is 38.1 Å². The quantitative estimate of drug-likeness (QED) is 0.579. The Balaban J connectivity index is 1.62. The van der Waals surface area contributed by atoms with E-state index >= 15 is 0 Å². The smallest absolute Gasteiger partial charge is 0.312 e. The van der Waals surface area contributed by atoms with E-state index in [4.69, 9.17) is 16.3 Å². The number of ether oxygens (including phenoxy) is 1. The molecule has 1 fully saturated rings. The Morgan fingerprint density at radius 3 is 2.37 bits per heavy atom. The van der Waals surface area contributed by atoms with Crippen molar-refractivity contribution in [3.8, 4) is 0 Å². The predicted octanol–water partition coefficient (Wildman–Crippen LogP) is 3.82. The molecule has 2 aromatic rings. The molecule has 2 aromatic carbocycles. The molecule has 0 aromatic heterocycles. The van der Waals surface area contributed by atoms with Gasteiger partial charge in [0.2, 0.25) is 11.7 Å². The maximum atomic E-state index is 12.4. The third-order valence-corrected chi connectivity index (χ3v) is 4.85. The minimum absolute atomic E-state index is 0.0624. The normalized spacial score (nSPS) is 17.7. The number of benzene rings is 2. The SMILES string of the molecule is Cc1ccc(C(=O)[C@@H](C)OC(=O)[C@@H]2CC(=O)N(c3ccc(Cl)cc3)C2)cc1. The summed E-state index contributed by atoms with van der Waals surface area (Å²) in [6, 6.07) is 13.9. The summed E-state index contributed by atoms with van der Waals surface area (Å²) in [6.07, 6.45) is -0.840. The molecule has 1 aliphatic rings. The van der Waals surface area contributed by atoms with Crippen LogP contribution in [0.3, 0.4) is 0 Å². The number of rotatable bonds is 5. The van der Waals surface area contributed by atoms with E-state index in [1.165, 1.54) is 4.90 Å².